The molecular formula is C20H24N2O4. The first-order valence-electron chi connectivity index (χ1n) is 8.40. The van der Waals surface area contributed by atoms with Crippen LogP contribution in [-0.2, 0) is 9.59 Å². The summed E-state index contributed by atoms with van der Waals surface area (Å²) in [6.45, 7) is 0.777. The molecule has 0 heterocycles. The number of rotatable bonds is 9. The number of carbonyl (C=O) groups is 2. The van der Waals surface area contributed by atoms with E-state index in [-0.39, 0.29) is 25.0 Å². The van der Waals surface area contributed by atoms with Crippen molar-refractivity contribution in [2.75, 3.05) is 40.4 Å². The van der Waals surface area contributed by atoms with Gasteiger partial charge in [-0.2, -0.15) is 0 Å². The standard InChI is InChI=1S/C20H24N2O4/c1-21(19(23)15-25-17-9-5-3-6-10-17)13-14-22(2)20(24)16-26-18-11-7-4-8-12-18/h3-12H,13-16H2,1-2H3. The van der Waals surface area contributed by atoms with Crippen molar-refractivity contribution in [1.29, 1.82) is 0 Å². The van der Waals surface area contributed by atoms with Crippen LogP contribution < -0.4 is 9.47 Å². The molecule has 0 saturated heterocycles. The van der Waals surface area contributed by atoms with E-state index < -0.39 is 0 Å². The molecule has 0 N–H and O–H groups in total. The molecule has 26 heavy (non-hydrogen) atoms. The molecular weight excluding hydrogens is 332 g/mol. The molecule has 0 saturated carbocycles. The minimum atomic E-state index is -0.143. The molecule has 138 valence electrons. The van der Waals surface area contributed by atoms with Crippen molar-refractivity contribution in [2.45, 2.75) is 0 Å². The third kappa shape index (κ3) is 6.47. The highest BCUT2D eigenvalue weighted by molar-refractivity contribution is 5.78. The highest BCUT2D eigenvalue weighted by Crippen LogP contribution is 2.09. The van der Waals surface area contributed by atoms with Gasteiger partial charge in [0.1, 0.15) is 11.5 Å². The fourth-order valence-electron chi connectivity index (χ4n) is 2.09. The summed E-state index contributed by atoms with van der Waals surface area (Å²) in [7, 11) is 3.38. The van der Waals surface area contributed by atoms with E-state index in [2.05, 4.69) is 0 Å². The maximum atomic E-state index is 12.1. The first-order chi connectivity index (χ1) is 12.6. The number of hydrogen-bond acceptors (Lipinski definition) is 4. The molecule has 0 aliphatic heterocycles. The number of hydrogen-bond donors (Lipinski definition) is 0. The van der Waals surface area contributed by atoms with Gasteiger partial charge in [-0.05, 0) is 24.3 Å². The van der Waals surface area contributed by atoms with E-state index in [4.69, 9.17) is 9.47 Å². The molecule has 0 spiro atoms. The number of benzene rings is 2. The zero-order chi connectivity index (χ0) is 18.8. The monoisotopic (exact) mass is 356 g/mol. The SMILES string of the molecule is CN(CCN(C)C(=O)COc1ccccc1)C(=O)COc1ccccc1. The van der Waals surface area contributed by atoms with Crippen LogP contribution in [0.3, 0.4) is 0 Å². The molecule has 0 fully saturated rings. The summed E-state index contributed by atoms with van der Waals surface area (Å²) in [5.74, 6) is 1.02. The van der Waals surface area contributed by atoms with Crippen molar-refractivity contribution in [3.05, 3.63) is 60.7 Å². The zero-order valence-corrected chi connectivity index (χ0v) is 15.1. The fraction of sp³-hybridized carbons (Fsp3) is 0.300. The van der Waals surface area contributed by atoms with E-state index in [1.165, 1.54) is 0 Å². The van der Waals surface area contributed by atoms with E-state index >= 15 is 0 Å². The Labute approximate surface area is 153 Å². The smallest absolute Gasteiger partial charge is 0.260 e. The van der Waals surface area contributed by atoms with Gasteiger partial charge in [-0.3, -0.25) is 9.59 Å². The molecule has 2 rings (SSSR count). The Balaban J connectivity index is 1.67. The average Bonchev–Trinajstić information content (AvgIpc) is 2.69. The topological polar surface area (TPSA) is 59.1 Å². The molecule has 0 aliphatic carbocycles. The van der Waals surface area contributed by atoms with E-state index in [1.807, 2.05) is 36.4 Å². The summed E-state index contributed by atoms with van der Waals surface area (Å²) < 4.78 is 10.9. The van der Waals surface area contributed by atoms with E-state index in [0.717, 1.165) is 0 Å². The second-order valence-electron chi connectivity index (χ2n) is 5.83. The number of carbonyl (C=O) groups excluding carboxylic acids is 2. The second-order valence-corrected chi connectivity index (χ2v) is 5.83. The predicted octanol–water partition coefficient (Wildman–Crippen LogP) is 2.06. The lowest BCUT2D eigenvalue weighted by molar-refractivity contribution is -0.135. The van der Waals surface area contributed by atoms with Gasteiger partial charge in [0.2, 0.25) is 0 Å². The van der Waals surface area contributed by atoms with Gasteiger partial charge in [0.15, 0.2) is 13.2 Å². The number of amides is 2. The summed E-state index contributed by atoms with van der Waals surface area (Å²) in [5.41, 5.74) is 0. The molecule has 6 nitrogen and oxygen atoms in total. The fourth-order valence-corrected chi connectivity index (χ4v) is 2.09. The summed E-state index contributed by atoms with van der Waals surface area (Å²) in [5, 5.41) is 0. The first kappa shape index (κ1) is 19.3. The van der Waals surface area contributed by atoms with E-state index in [1.54, 1.807) is 48.2 Å². The Morgan fingerprint density at radius 3 is 1.38 bits per heavy atom. The number of para-hydroxylation sites is 2. The summed E-state index contributed by atoms with van der Waals surface area (Å²) in [6, 6.07) is 18.4. The van der Waals surface area contributed by atoms with Crippen LogP contribution in [0, 0.1) is 0 Å². The number of ether oxygens (including phenoxy) is 2. The van der Waals surface area contributed by atoms with Crippen LogP contribution in [0.5, 0.6) is 11.5 Å². The minimum Gasteiger partial charge on any atom is -0.484 e. The minimum absolute atomic E-state index is 0.0324. The molecule has 0 unspecified atom stereocenters. The molecule has 2 aromatic carbocycles. The Bertz CT molecular complexity index is 630. The molecule has 0 aromatic heterocycles. The average molecular weight is 356 g/mol. The lowest BCUT2D eigenvalue weighted by Gasteiger charge is -2.22. The van der Waals surface area contributed by atoms with Crippen LogP contribution in [0.2, 0.25) is 0 Å². The highest BCUT2D eigenvalue weighted by atomic mass is 16.5. The third-order valence-corrected chi connectivity index (χ3v) is 3.83. The van der Waals surface area contributed by atoms with Gasteiger partial charge >= 0.3 is 0 Å². The van der Waals surface area contributed by atoms with Gasteiger partial charge < -0.3 is 19.3 Å². The van der Waals surface area contributed by atoms with Crippen LogP contribution in [0.4, 0.5) is 0 Å². The van der Waals surface area contributed by atoms with Gasteiger partial charge in [-0.25, -0.2) is 0 Å². The van der Waals surface area contributed by atoms with Crippen molar-refractivity contribution < 1.29 is 19.1 Å². The first-order valence-corrected chi connectivity index (χ1v) is 8.40. The van der Waals surface area contributed by atoms with Crippen molar-refractivity contribution in [2.24, 2.45) is 0 Å². The van der Waals surface area contributed by atoms with Crippen LogP contribution in [0.15, 0.2) is 60.7 Å². The van der Waals surface area contributed by atoms with Gasteiger partial charge in [-0.1, -0.05) is 36.4 Å². The summed E-state index contributed by atoms with van der Waals surface area (Å²) in [4.78, 5) is 27.3. The molecule has 2 aromatic rings. The largest absolute Gasteiger partial charge is 0.484 e. The Kier molecular flexibility index (Phi) is 7.49. The van der Waals surface area contributed by atoms with Crippen LogP contribution in [-0.4, -0.2) is 62.0 Å². The second kappa shape index (κ2) is 10.1. The summed E-state index contributed by atoms with van der Waals surface area (Å²) >= 11 is 0. The van der Waals surface area contributed by atoms with E-state index in [0.29, 0.717) is 24.6 Å². The van der Waals surface area contributed by atoms with Crippen molar-refractivity contribution in [1.82, 2.24) is 9.80 Å². The lowest BCUT2D eigenvalue weighted by atomic mass is 10.3. The maximum absolute atomic E-state index is 12.1. The number of nitrogens with zero attached hydrogens (tertiary/aromatic N) is 2. The molecule has 0 aliphatic rings. The van der Waals surface area contributed by atoms with Crippen LogP contribution in [0.25, 0.3) is 0 Å². The molecule has 0 atom stereocenters. The van der Waals surface area contributed by atoms with Gasteiger partial charge in [0.05, 0.1) is 0 Å². The molecule has 0 radical (unpaired) electrons. The molecule has 6 heteroatoms. The van der Waals surface area contributed by atoms with Crippen molar-refractivity contribution >= 4 is 11.8 Å². The van der Waals surface area contributed by atoms with Gasteiger partial charge in [-0.15, -0.1) is 0 Å². The van der Waals surface area contributed by atoms with Gasteiger partial charge in [0.25, 0.3) is 11.8 Å². The molecule has 2 amide bonds. The summed E-state index contributed by atoms with van der Waals surface area (Å²) in [6.07, 6.45) is 0. The zero-order valence-electron chi connectivity index (χ0n) is 15.1. The molecule has 0 bridgehead atoms. The van der Waals surface area contributed by atoms with Crippen molar-refractivity contribution in [3.63, 3.8) is 0 Å². The predicted molar refractivity (Wildman–Crippen MR) is 99.1 cm³/mol. The van der Waals surface area contributed by atoms with Gasteiger partial charge in [0, 0.05) is 27.2 Å². The lowest BCUT2D eigenvalue weighted by Crippen LogP contribution is -2.40. The number of likely N-dealkylation sites (N-methyl/N-ethyl adjacent to an activating group) is 2. The Morgan fingerprint density at radius 2 is 1.04 bits per heavy atom. The maximum Gasteiger partial charge on any atom is 0.260 e. The third-order valence-electron chi connectivity index (χ3n) is 3.83. The normalized spacial score (nSPS) is 10.1. The van der Waals surface area contributed by atoms with Crippen LogP contribution in [0.1, 0.15) is 0 Å². The Morgan fingerprint density at radius 1 is 0.692 bits per heavy atom. The van der Waals surface area contributed by atoms with Crippen LogP contribution >= 0.6 is 0 Å². The highest BCUT2D eigenvalue weighted by Gasteiger charge is 2.14. The van der Waals surface area contributed by atoms with Crippen molar-refractivity contribution in [3.8, 4) is 11.5 Å². The van der Waals surface area contributed by atoms with E-state index in [9.17, 15) is 9.59 Å². The quantitative estimate of drug-likeness (QED) is 0.690. The Hall–Kier alpha value is -3.02.